The van der Waals surface area contributed by atoms with Crippen LogP contribution in [0.4, 0.5) is 32.2 Å². The summed E-state index contributed by atoms with van der Waals surface area (Å²) in [7, 11) is -1.65. The number of hydrogen-bond acceptors (Lipinski definition) is 12. The lowest BCUT2D eigenvalue weighted by atomic mass is 9.91. The average molecular weight is 658 g/mol. The number of likely N-dealkylation sites (tertiary alicyclic amines) is 1. The minimum absolute atomic E-state index is 0.0566. The summed E-state index contributed by atoms with van der Waals surface area (Å²) in [6, 6.07) is 2.83. The van der Waals surface area contributed by atoms with Crippen molar-refractivity contribution in [2.75, 3.05) is 60.4 Å². The van der Waals surface area contributed by atoms with Crippen LogP contribution < -0.4 is 15.1 Å². The largest absolute Gasteiger partial charge is 0.378 e. The first-order valence-corrected chi connectivity index (χ1v) is 17.3. The molecule has 46 heavy (non-hydrogen) atoms. The molecule has 3 aliphatic heterocycles. The van der Waals surface area contributed by atoms with E-state index in [2.05, 4.69) is 37.0 Å². The summed E-state index contributed by atoms with van der Waals surface area (Å²) in [5.41, 5.74) is 0.496. The molecule has 0 aromatic carbocycles. The molecular formula is C30H37F2N9O4S. The molecule has 1 N–H and O–H groups in total. The highest BCUT2D eigenvalue weighted by molar-refractivity contribution is 7.90. The second kappa shape index (κ2) is 12.6. The molecule has 1 unspecified atom stereocenters. The molecule has 5 atom stereocenters. The number of amides is 1. The number of carbonyl (C=O) groups excluding carboxylic acids is 1. The normalized spacial score (nSPS) is 25.1. The number of fused-ring (bicyclic) bond motifs is 1. The standard InChI is InChI=1S/C30H37F2N9O4S/c1-17(31)29(42)40-10-5-6-23(40)27-20-12-26(35-25-7-9-33-30(36-25)39-11-8-24(45-3)22(32)15-39)34-13-21(20)28(38-37-27)41-14-19(18(41)2)16-46(4,43)44/h7,9,12-13,18-19,22-24H,1,5-6,8,10-11,14-16H2,2-4H3,(H,33,34,35,36)/t18-,19-,22+,23?,24-/m1/s1. The maximum absolute atomic E-state index is 14.6. The van der Waals surface area contributed by atoms with Gasteiger partial charge in [0.05, 0.1) is 30.1 Å². The van der Waals surface area contributed by atoms with Crippen molar-refractivity contribution in [1.82, 2.24) is 30.0 Å². The third kappa shape index (κ3) is 6.32. The first-order chi connectivity index (χ1) is 21.9. The van der Waals surface area contributed by atoms with Gasteiger partial charge in [0.25, 0.3) is 5.91 Å². The average Bonchev–Trinajstić information content (AvgIpc) is 3.51. The minimum atomic E-state index is -3.15. The quantitative estimate of drug-likeness (QED) is 0.337. The number of carbonyl (C=O) groups is 1. The fourth-order valence-electron chi connectivity index (χ4n) is 6.61. The predicted molar refractivity (Wildman–Crippen MR) is 169 cm³/mol. The van der Waals surface area contributed by atoms with Crippen molar-refractivity contribution in [2.24, 2.45) is 5.92 Å². The molecule has 0 saturated carbocycles. The van der Waals surface area contributed by atoms with Gasteiger partial charge >= 0.3 is 0 Å². The number of ether oxygens (including phenoxy) is 1. The van der Waals surface area contributed by atoms with Gasteiger partial charge in [-0.1, -0.05) is 6.58 Å². The number of nitrogens with zero attached hydrogens (tertiary/aromatic N) is 8. The number of halogens is 2. The molecule has 6 rings (SSSR count). The van der Waals surface area contributed by atoms with E-state index >= 15 is 0 Å². The van der Waals surface area contributed by atoms with Gasteiger partial charge in [-0.15, -0.1) is 5.10 Å². The first kappa shape index (κ1) is 31.9. The van der Waals surface area contributed by atoms with E-state index in [1.54, 1.807) is 29.4 Å². The molecule has 0 radical (unpaired) electrons. The molecule has 0 spiro atoms. The Morgan fingerprint density at radius 3 is 2.65 bits per heavy atom. The maximum Gasteiger partial charge on any atom is 0.282 e. The molecule has 13 nitrogen and oxygen atoms in total. The molecule has 246 valence electrons. The number of sulfone groups is 1. The third-order valence-electron chi connectivity index (χ3n) is 9.09. The van der Waals surface area contributed by atoms with Gasteiger partial charge in [-0.25, -0.2) is 27.2 Å². The van der Waals surface area contributed by atoms with Crippen LogP contribution in [0, 0.1) is 5.92 Å². The Labute approximate surface area is 266 Å². The summed E-state index contributed by atoms with van der Waals surface area (Å²) >= 11 is 0. The summed E-state index contributed by atoms with van der Waals surface area (Å²) in [6.07, 6.45) is 4.58. The summed E-state index contributed by atoms with van der Waals surface area (Å²) < 4.78 is 57.6. The lowest BCUT2D eigenvalue weighted by Gasteiger charge is -2.47. The molecule has 0 bridgehead atoms. The molecule has 3 aromatic rings. The number of alkyl halides is 1. The van der Waals surface area contributed by atoms with Crippen molar-refractivity contribution in [1.29, 1.82) is 0 Å². The van der Waals surface area contributed by atoms with Crippen LogP contribution in [0.25, 0.3) is 10.8 Å². The molecule has 3 aliphatic rings. The monoisotopic (exact) mass is 657 g/mol. The Kier molecular flexibility index (Phi) is 8.76. The van der Waals surface area contributed by atoms with E-state index in [-0.39, 0.29) is 24.3 Å². The number of nitrogens with one attached hydrogen (secondary N) is 1. The number of hydrogen-bond donors (Lipinski definition) is 1. The summed E-state index contributed by atoms with van der Waals surface area (Å²) in [5, 5.41) is 13.6. The van der Waals surface area contributed by atoms with Crippen LogP contribution in [0.15, 0.2) is 36.9 Å². The fourth-order valence-corrected chi connectivity index (χ4v) is 7.77. The zero-order valence-corrected chi connectivity index (χ0v) is 26.8. The van der Waals surface area contributed by atoms with Gasteiger partial charge in [0.1, 0.15) is 27.6 Å². The number of anilines is 4. The van der Waals surface area contributed by atoms with E-state index in [0.717, 1.165) is 0 Å². The number of aromatic nitrogens is 5. The van der Waals surface area contributed by atoms with Crippen molar-refractivity contribution < 1.29 is 26.7 Å². The highest BCUT2D eigenvalue weighted by Crippen LogP contribution is 2.40. The Morgan fingerprint density at radius 2 is 1.96 bits per heavy atom. The van der Waals surface area contributed by atoms with E-state index in [1.165, 1.54) is 18.3 Å². The molecule has 16 heteroatoms. The Morgan fingerprint density at radius 1 is 1.15 bits per heavy atom. The SMILES string of the molecule is C=C(F)C(=O)N1CCCC1c1nnc(N2C[C@H](CS(C)(=O)=O)[C@H]2C)c2cnc(Nc3ccnc(N4CC[C@@H](OC)[C@@H](F)C4)n3)cc12. The third-order valence-corrected chi connectivity index (χ3v) is 10.1. The number of rotatable bonds is 9. The molecule has 3 aromatic heterocycles. The molecular weight excluding hydrogens is 620 g/mol. The van der Waals surface area contributed by atoms with E-state index in [4.69, 9.17) is 4.74 Å². The Balaban J connectivity index is 1.33. The van der Waals surface area contributed by atoms with Crippen molar-refractivity contribution in [3.05, 3.63) is 42.6 Å². The number of pyridine rings is 1. The smallest absolute Gasteiger partial charge is 0.282 e. The number of piperidine rings is 1. The molecule has 6 heterocycles. The highest BCUT2D eigenvalue weighted by Gasteiger charge is 2.40. The second-order valence-electron chi connectivity index (χ2n) is 12.2. The summed E-state index contributed by atoms with van der Waals surface area (Å²) in [6.45, 7) is 6.64. The van der Waals surface area contributed by atoms with Crippen LogP contribution in [0.5, 0.6) is 0 Å². The highest BCUT2D eigenvalue weighted by atomic mass is 32.2. The Bertz CT molecular complexity index is 1760. The molecule has 0 aliphatic carbocycles. The van der Waals surface area contributed by atoms with Crippen LogP contribution in [0.1, 0.15) is 37.9 Å². The van der Waals surface area contributed by atoms with Gasteiger partial charge in [-0.05, 0) is 38.3 Å². The summed E-state index contributed by atoms with van der Waals surface area (Å²) in [4.78, 5) is 31.4. The van der Waals surface area contributed by atoms with Gasteiger partial charge in [0.2, 0.25) is 5.95 Å². The fraction of sp³-hybridized carbons (Fsp3) is 0.533. The van der Waals surface area contributed by atoms with Gasteiger partial charge < -0.3 is 24.8 Å². The lowest BCUT2D eigenvalue weighted by molar-refractivity contribution is -0.129. The minimum Gasteiger partial charge on any atom is -0.378 e. The van der Waals surface area contributed by atoms with Crippen LogP contribution in [0.2, 0.25) is 0 Å². The topological polar surface area (TPSA) is 147 Å². The van der Waals surface area contributed by atoms with E-state index in [1.807, 2.05) is 11.8 Å². The second-order valence-corrected chi connectivity index (χ2v) is 14.4. The lowest BCUT2D eigenvalue weighted by Crippen LogP contribution is -2.57. The zero-order chi connectivity index (χ0) is 32.7. The molecule has 3 saturated heterocycles. The van der Waals surface area contributed by atoms with Crippen molar-refractivity contribution in [3.8, 4) is 0 Å². The van der Waals surface area contributed by atoms with E-state index in [9.17, 15) is 22.0 Å². The van der Waals surface area contributed by atoms with Crippen LogP contribution in [-0.2, 0) is 19.4 Å². The van der Waals surface area contributed by atoms with Crippen molar-refractivity contribution >= 4 is 49.9 Å². The predicted octanol–water partition coefficient (Wildman–Crippen LogP) is 3.14. The molecule has 1 amide bonds. The van der Waals surface area contributed by atoms with Gasteiger partial charge in [-0.3, -0.25) is 4.79 Å². The summed E-state index contributed by atoms with van der Waals surface area (Å²) in [5.74, 6) is -0.0199. The van der Waals surface area contributed by atoms with Gasteiger partial charge in [0, 0.05) is 68.1 Å². The van der Waals surface area contributed by atoms with Gasteiger partial charge in [-0.2, -0.15) is 10.1 Å². The van der Waals surface area contributed by atoms with Crippen LogP contribution in [-0.4, -0.2) is 108 Å². The first-order valence-electron chi connectivity index (χ1n) is 15.2. The molecule has 3 fully saturated rings. The Hall–Kier alpha value is -4.05. The van der Waals surface area contributed by atoms with Gasteiger partial charge in [0.15, 0.2) is 11.6 Å². The van der Waals surface area contributed by atoms with E-state index in [0.29, 0.717) is 78.8 Å². The van der Waals surface area contributed by atoms with Crippen molar-refractivity contribution in [3.63, 3.8) is 0 Å². The maximum atomic E-state index is 14.6. The van der Waals surface area contributed by atoms with E-state index < -0.39 is 39.9 Å². The zero-order valence-electron chi connectivity index (χ0n) is 25.9. The number of methoxy groups -OCH3 is 1. The van der Waals surface area contributed by atoms with Crippen LogP contribution in [0.3, 0.4) is 0 Å². The van der Waals surface area contributed by atoms with Crippen LogP contribution >= 0.6 is 0 Å². The van der Waals surface area contributed by atoms with Crippen molar-refractivity contribution in [2.45, 2.75) is 50.5 Å².